The topological polar surface area (TPSA) is 223 Å². The number of carboxylic acid groups (broad SMARTS) is 1. The number of aliphatic hydroxyl groups excluding tert-OH is 4. The van der Waals surface area contributed by atoms with Crippen LogP contribution in [0, 0.1) is 0 Å². The van der Waals surface area contributed by atoms with Crippen molar-refractivity contribution in [1.82, 2.24) is 10.6 Å². The molecule has 1 saturated heterocycles. The summed E-state index contributed by atoms with van der Waals surface area (Å²) >= 11 is 3.96. The molecule has 0 aromatic rings. The van der Waals surface area contributed by atoms with Gasteiger partial charge in [-0.2, -0.15) is 12.6 Å². The third-order valence-electron chi connectivity index (χ3n) is 4.84. The van der Waals surface area contributed by atoms with E-state index in [4.69, 9.17) is 9.84 Å². The number of rotatable bonds is 11. The van der Waals surface area contributed by atoms with Crippen molar-refractivity contribution in [1.29, 1.82) is 0 Å². The minimum atomic E-state index is -3.09. The van der Waals surface area contributed by atoms with Gasteiger partial charge in [-0.15, -0.1) is 0 Å². The molecule has 0 aliphatic carbocycles. The molecule has 0 spiro atoms. The highest BCUT2D eigenvalue weighted by atomic mass is 32.1. The highest BCUT2D eigenvalue weighted by Crippen LogP contribution is 2.38. The van der Waals surface area contributed by atoms with Crippen LogP contribution in [0.25, 0.3) is 0 Å². The molecule has 178 valence electrons. The first-order valence-electron chi connectivity index (χ1n) is 9.34. The molecule has 0 aromatic heterocycles. The van der Waals surface area contributed by atoms with Crippen LogP contribution >= 0.6 is 12.6 Å². The van der Waals surface area contributed by atoms with Crippen LogP contribution in [0.15, 0.2) is 0 Å². The van der Waals surface area contributed by atoms with E-state index >= 15 is 0 Å². The van der Waals surface area contributed by atoms with E-state index in [1.54, 1.807) is 0 Å². The Labute approximate surface area is 182 Å². The largest absolute Gasteiger partial charge is 0.477 e. The smallest absolute Gasteiger partial charge is 0.364 e. The number of ketones is 1. The molecule has 6 atom stereocenters. The van der Waals surface area contributed by atoms with Crippen molar-refractivity contribution >= 4 is 36.2 Å². The Hall–Kier alpha value is -1.81. The van der Waals surface area contributed by atoms with E-state index in [9.17, 15) is 44.7 Å². The lowest BCUT2D eigenvalue weighted by molar-refractivity contribution is -0.306. The maximum absolute atomic E-state index is 13.1. The van der Waals surface area contributed by atoms with Gasteiger partial charge in [0.05, 0.1) is 19.3 Å². The number of hydrogen-bond donors (Lipinski definition) is 9. The van der Waals surface area contributed by atoms with Crippen LogP contribution in [0.1, 0.15) is 26.2 Å². The number of amides is 2. The van der Waals surface area contributed by atoms with E-state index < -0.39 is 78.9 Å². The fraction of sp³-hybridized carbons (Fsp3) is 0.765. The van der Waals surface area contributed by atoms with Crippen molar-refractivity contribution in [3.8, 4) is 0 Å². The third kappa shape index (κ3) is 6.12. The summed E-state index contributed by atoms with van der Waals surface area (Å²) < 4.78 is 5.02. The number of nitrogens with one attached hydrogen (secondary N) is 2. The highest BCUT2D eigenvalue weighted by molar-refractivity contribution is 7.80. The van der Waals surface area contributed by atoms with Crippen molar-refractivity contribution < 1.29 is 54.6 Å². The van der Waals surface area contributed by atoms with Crippen LogP contribution in [-0.4, -0.2) is 109 Å². The second-order valence-electron chi connectivity index (χ2n) is 7.17. The summed E-state index contributed by atoms with van der Waals surface area (Å²) in [5, 5.41) is 63.9. The number of thiol groups is 1. The van der Waals surface area contributed by atoms with E-state index in [1.807, 2.05) is 0 Å². The van der Waals surface area contributed by atoms with Crippen LogP contribution in [0.3, 0.4) is 0 Å². The van der Waals surface area contributed by atoms with Crippen LogP contribution < -0.4 is 10.6 Å². The molecular weight excluding hydrogens is 440 g/mol. The molecule has 1 rings (SSSR count). The van der Waals surface area contributed by atoms with Crippen molar-refractivity contribution in [3.05, 3.63) is 0 Å². The fourth-order valence-corrected chi connectivity index (χ4v) is 3.42. The summed E-state index contributed by atoms with van der Waals surface area (Å²) in [6, 6.07) is 0. The van der Waals surface area contributed by atoms with Crippen LogP contribution in [0.2, 0.25) is 0 Å². The maximum atomic E-state index is 13.1. The summed E-state index contributed by atoms with van der Waals surface area (Å²) in [5.41, 5.74) is -2.57. The minimum absolute atomic E-state index is 0.0248. The van der Waals surface area contributed by atoms with Crippen molar-refractivity contribution in [2.75, 3.05) is 18.9 Å². The molecule has 1 aliphatic rings. The maximum Gasteiger partial charge on any atom is 0.364 e. The number of carbonyl (C=O) groups excluding carboxylic acids is 3. The normalized spacial score (nSPS) is 30.2. The molecule has 1 aliphatic heterocycles. The van der Waals surface area contributed by atoms with Crippen molar-refractivity contribution in [2.24, 2.45) is 0 Å². The molecule has 14 heteroatoms. The van der Waals surface area contributed by atoms with Gasteiger partial charge in [0.25, 0.3) is 5.79 Å². The number of Topliss-reactive ketones (excluding diaryl/α,β-unsaturated/α-hetero) is 1. The first-order chi connectivity index (χ1) is 14.4. The zero-order valence-electron chi connectivity index (χ0n) is 16.7. The Bertz CT molecular complexity index is 693. The van der Waals surface area contributed by atoms with Gasteiger partial charge in [0.15, 0.2) is 11.3 Å². The fourth-order valence-electron chi connectivity index (χ4n) is 3.26. The molecule has 1 fully saturated rings. The van der Waals surface area contributed by atoms with Crippen LogP contribution in [-0.2, 0) is 23.9 Å². The lowest BCUT2D eigenvalue weighted by Crippen LogP contribution is -2.78. The van der Waals surface area contributed by atoms with E-state index in [2.05, 4.69) is 23.3 Å². The molecule has 13 nitrogen and oxygen atoms in total. The highest BCUT2D eigenvalue weighted by Gasteiger charge is 2.64. The second kappa shape index (κ2) is 11.2. The van der Waals surface area contributed by atoms with Crippen molar-refractivity contribution in [3.63, 3.8) is 0 Å². The molecule has 8 N–H and O–H groups in total. The van der Waals surface area contributed by atoms with Gasteiger partial charge in [0, 0.05) is 19.8 Å². The SMILES string of the molecule is CC(=O)N[C@]1(C(=O)CNC(=O)CCCS)[C@@H](O)C[C@@](O)(C(=O)O)O[C@H]1[C@H](O)[C@H](O)CO. The first-order valence-corrected chi connectivity index (χ1v) is 9.97. The predicted octanol–water partition coefficient (Wildman–Crippen LogP) is -4.11. The van der Waals surface area contributed by atoms with Crippen LogP contribution in [0.5, 0.6) is 0 Å². The molecular formula is C17H28N2O11S. The number of carboxylic acids is 1. The predicted molar refractivity (Wildman–Crippen MR) is 105 cm³/mol. The van der Waals surface area contributed by atoms with Crippen LogP contribution in [0.4, 0.5) is 0 Å². The summed E-state index contributed by atoms with van der Waals surface area (Å²) in [7, 11) is 0. The first kappa shape index (κ1) is 27.2. The van der Waals surface area contributed by atoms with Gasteiger partial charge in [0.2, 0.25) is 11.8 Å². The molecule has 0 radical (unpaired) electrons. The monoisotopic (exact) mass is 468 g/mol. The van der Waals surface area contributed by atoms with E-state index in [-0.39, 0.29) is 6.42 Å². The van der Waals surface area contributed by atoms with Gasteiger partial charge in [0.1, 0.15) is 18.3 Å². The number of aliphatic hydroxyl groups is 5. The summed E-state index contributed by atoms with van der Waals surface area (Å²) in [5.74, 6) is -7.21. The standard InChI is InChI=1S/C17H28N2O11S/c1-8(21)19-17(11(24)6-18-12(25)3-2-4-31)10(23)5-16(29,15(27)28)30-14(17)13(26)9(22)7-20/h9-10,13-14,20,22-23,26,29,31H,2-7H2,1H3,(H,18,25)(H,19,21)(H,27,28)/t9-,10+,13-,14+,16+,17+/m1/s1. The molecule has 0 unspecified atom stereocenters. The van der Waals surface area contributed by atoms with Gasteiger partial charge in [-0.25, -0.2) is 4.79 Å². The molecule has 0 saturated carbocycles. The Kier molecular flexibility index (Phi) is 9.81. The van der Waals surface area contributed by atoms with E-state index in [0.29, 0.717) is 12.2 Å². The Balaban J connectivity index is 3.41. The Morgan fingerprint density at radius 1 is 1.26 bits per heavy atom. The van der Waals surface area contributed by atoms with Gasteiger partial charge in [-0.1, -0.05) is 0 Å². The third-order valence-corrected chi connectivity index (χ3v) is 5.16. The lowest BCUT2D eigenvalue weighted by atomic mass is 9.73. The van der Waals surface area contributed by atoms with Gasteiger partial charge in [-0.05, 0) is 12.2 Å². The number of hydrogen-bond acceptors (Lipinski definition) is 11. The summed E-state index contributed by atoms with van der Waals surface area (Å²) in [6.45, 7) is -0.875. The Morgan fingerprint density at radius 2 is 1.87 bits per heavy atom. The van der Waals surface area contributed by atoms with Gasteiger partial charge in [-0.3, -0.25) is 14.4 Å². The average molecular weight is 468 g/mol. The zero-order valence-corrected chi connectivity index (χ0v) is 17.6. The molecule has 1 heterocycles. The Morgan fingerprint density at radius 3 is 2.35 bits per heavy atom. The second-order valence-corrected chi connectivity index (χ2v) is 7.61. The summed E-state index contributed by atoms with van der Waals surface area (Å²) in [4.78, 5) is 48.2. The van der Waals surface area contributed by atoms with E-state index in [0.717, 1.165) is 6.92 Å². The zero-order chi connectivity index (χ0) is 24.0. The lowest BCUT2D eigenvalue weighted by Gasteiger charge is -2.51. The molecule has 31 heavy (non-hydrogen) atoms. The summed E-state index contributed by atoms with van der Waals surface area (Å²) in [6.07, 6.45) is -9.25. The number of aliphatic carboxylic acids is 1. The van der Waals surface area contributed by atoms with E-state index in [1.165, 1.54) is 0 Å². The molecule has 0 bridgehead atoms. The molecule has 0 aromatic carbocycles. The van der Waals surface area contributed by atoms with Crippen molar-refractivity contribution in [2.45, 2.75) is 61.9 Å². The number of carbonyl (C=O) groups is 4. The number of ether oxygens (including phenoxy) is 1. The average Bonchev–Trinajstić information content (AvgIpc) is 2.70. The van der Waals surface area contributed by atoms with Gasteiger partial charge < -0.3 is 46.0 Å². The molecule has 2 amide bonds. The minimum Gasteiger partial charge on any atom is -0.477 e. The quantitative estimate of drug-likeness (QED) is 0.132. The van der Waals surface area contributed by atoms with Gasteiger partial charge >= 0.3 is 5.97 Å².